The maximum Gasteiger partial charge on any atom is 0.416 e. The Labute approximate surface area is 229 Å². The van der Waals surface area contributed by atoms with Gasteiger partial charge in [0.25, 0.3) is 0 Å². The van der Waals surface area contributed by atoms with Gasteiger partial charge in [0.1, 0.15) is 0 Å². The number of hydrogen-bond donors (Lipinski definition) is 0. The highest BCUT2D eigenvalue weighted by molar-refractivity contribution is 7.91. The Morgan fingerprint density at radius 3 is 2.38 bits per heavy atom. The van der Waals surface area contributed by atoms with Crippen LogP contribution in [-0.2, 0) is 20.8 Å². The molecule has 4 rings (SSSR count). The van der Waals surface area contributed by atoms with Gasteiger partial charge in [-0.25, -0.2) is 8.42 Å². The van der Waals surface area contributed by atoms with Crippen LogP contribution in [0.4, 0.5) is 13.2 Å². The Morgan fingerprint density at radius 2 is 1.77 bits per heavy atom. The average molecular weight is 563 g/mol. The number of amides is 1. The molecule has 39 heavy (non-hydrogen) atoms. The summed E-state index contributed by atoms with van der Waals surface area (Å²) in [5.41, 5.74) is 0.215. The molecule has 0 aromatic heterocycles. The van der Waals surface area contributed by atoms with Crippen molar-refractivity contribution in [2.45, 2.75) is 75.7 Å². The molecule has 0 unspecified atom stereocenters. The molecule has 1 heterocycles. The summed E-state index contributed by atoms with van der Waals surface area (Å²) in [5.74, 6) is -0.577. The lowest BCUT2D eigenvalue weighted by molar-refractivity contribution is -0.137. The van der Waals surface area contributed by atoms with Crippen molar-refractivity contribution in [2.24, 2.45) is 5.92 Å². The minimum Gasteiger partial charge on any atom is -0.336 e. The van der Waals surface area contributed by atoms with Gasteiger partial charge in [-0.2, -0.15) is 13.2 Å². The average Bonchev–Trinajstić information content (AvgIpc) is 2.89. The lowest BCUT2D eigenvalue weighted by atomic mass is 9.80. The highest BCUT2D eigenvalue weighted by atomic mass is 32.2. The Kier molecular flexibility index (Phi) is 8.91. The minimum atomic E-state index is -4.46. The molecular weight excluding hydrogens is 525 g/mol. The molecule has 2 aromatic carbocycles. The zero-order valence-electron chi connectivity index (χ0n) is 22.7. The number of rotatable bonds is 8. The molecule has 0 spiro atoms. The highest BCUT2D eigenvalue weighted by Crippen LogP contribution is 2.37. The maximum atomic E-state index is 13.4. The fourth-order valence-corrected chi connectivity index (χ4v) is 7.96. The van der Waals surface area contributed by atoms with Crippen LogP contribution in [0, 0.1) is 5.92 Å². The van der Waals surface area contributed by atoms with E-state index >= 15 is 0 Å². The van der Waals surface area contributed by atoms with Crippen molar-refractivity contribution in [3.8, 4) is 0 Å². The summed E-state index contributed by atoms with van der Waals surface area (Å²) in [6.07, 6.45) is -0.414. The summed E-state index contributed by atoms with van der Waals surface area (Å²) in [6, 6.07) is 13.7. The summed E-state index contributed by atoms with van der Waals surface area (Å²) >= 11 is 0. The molecule has 1 amide bonds. The molecule has 1 fully saturated rings. The molecule has 9 heteroatoms. The van der Waals surface area contributed by atoms with Gasteiger partial charge in [0.2, 0.25) is 5.91 Å². The third-order valence-corrected chi connectivity index (χ3v) is 9.97. The number of carbonyl (C=O) groups excluding carboxylic acids is 1. The van der Waals surface area contributed by atoms with Crippen LogP contribution < -0.4 is 0 Å². The molecule has 0 N–H and O–H groups in total. The van der Waals surface area contributed by atoms with Crippen LogP contribution in [0.15, 0.2) is 65.6 Å². The molecule has 1 saturated carbocycles. The van der Waals surface area contributed by atoms with Gasteiger partial charge in [-0.3, -0.25) is 9.69 Å². The number of carbonyl (C=O) groups is 1. The Morgan fingerprint density at radius 1 is 1.05 bits per heavy atom. The Balaban J connectivity index is 1.60. The number of sulfone groups is 1. The second-order valence-corrected chi connectivity index (χ2v) is 12.9. The standard InChI is InChI=1S/C30H37F3N2O3S/c1-4-34(21(2)3)26-13-14-28(24(18-26)20-39(37,38)27-11-6-5-7-12-27)35-16-15-23(19-29(35)36)22-9-8-10-25(17-22)30(31,32)33/h5-12,17,19,21,24,26,28H,4,13-16,18,20H2,1-3H3/t24-,26-,28+/m1/s1. The smallest absolute Gasteiger partial charge is 0.336 e. The first-order valence-electron chi connectivity index (χ1n) is 13.6. The molecule has 3 atom stereocenters. The van der Waals surface area contributed by atoms with Gasteiger partial charge in [-0.15, -0.1) is 0 Å². The van der Waals surface area contributed by atoms with Crippen molar-refractivity contribution in [1.29, 1.82) is 0 Å². The van der Waals surface area contributed by atoms with E-state index in [-0.39, 0.29) is 34.6 Å². The van der Waals surface area contributed by atoms with Gasteiger partial charge in [0, 0.05) is 30.7 Å². The number of halogens is 3. The second-order valence-electron chi connectivity index (χ2n) is 10.8. The quantitative estimate of drug-likeness (QED) is 0.392. The van der Waals surface area contributed by atoms with Gasteiger partial charge in [0.05, 0.1) is 16.2 Å². The van der Waals surface area contributed by atoms with E-state index in [2.05, 4.69) is 25.7 Å². The van der Waals surface area contributed by atoms with E-state index in [9.17, 15) is 26.4 Å². The Bertz CT molecular complexity index is 1290. The zero-order chi connectivity index (χ0) is 28.4. The van der Waals surface area contributed by atoms with E-state index in [0.29, 0.717) is 43.0 Å². The third kappa shape index (κ3) is 6.74. The van der Waals surface area contributed by atoms with E-state index in [1.54, 1.807) is 41.3 Å². The molecule has 2 aliphatic rings. The van der Waals surface area contributed by atoms with E-state index in [0.717, 1.165) is 25.1 Å². The summed E-state index contributed by atoms with van der Waals surface area (Å²) in [6.45, 7) is 7.59. The van der Waals surface area contributed by atoms with Crippen LogP contribution in [0.5, 0.6) is 0 Å². The van der Waals surface area contributed by atoms with E-state index < -0.39 is 21.6 Å². The first-order valence-corrected chi connectivity index (χ1v) is 15.3. The van der Waals surface area contributed by atoms with Crippen molar-refractivity contribution >= 4 is 21.3 Å². The summed E-state index contributed by atoms with van der Waals surface area (Å²) < 4.78 is 66.5. The molecular formula is C30H37F3N2O3S. The van der Waals surface area contributed by atoms with Crippen molar-refractivity contribution in [2.75, 3.05) is 18.8 Å². The molecule has 1 aliphatic carbocycles. The predicted molar refractivity (Wildman–Crippen MR) is 147 cm³/mol. The van der Waals surface area contributed by atoms with Gasteiger partial charge < -0.3 is 4.90 Å². The SMILES string of the molecule is CCN(C(C)C)[C@@H]1CC[C@H](N2CCC(c3cccc(C(F)(F)F)c3)=CC2=O)[C@@H](CS(=O)(=O)c2ccccc2)C1. The van der Waals surface area contributed by atoms with E-state index in [4.69, 9.17) is 0 Å². The van der Waals surface area contributed by atoms with Crippen molar-refractivity contribution in [1.82, 2.24) is 9.80 Å². The van der Waals surface area contributed by atoms with Crippen LogP contribution in [0.25, 0.3) is 5.57 Å². The van der Waals surface area contributed by atoms with Crippen molar-refractivity contribution in [3.63, 3.8) is 0 Å². The normalized spacial score (nSPS) is 22.9. The lowest BCUT2D eigenvalue weighted by Crippen LogP contribution is -2.54. The topological polar surface area (TPSA) is 57.7 Å². The molecule has 5 nitrogen and oxygen atoms in total. The van der Waals surface area contributed by atoms with Crippen molar-refractivity contribution < 1.29 is 26.4 Å². The van der Waals surface area contributed by atoms with E-state index in [1.165, 1.54) is 12.1 Å². The molecule has 212 valence electrons. The highest BCUT2D eigenvalue weighted by Gasteiger charge is 2.41. The van der Waals surface area contributed by atoms with Crippen LogP contribution in [0.3, 0.4) is 0 Å². The first-order chi connectivity index (χ1) is 18.4. The molecule has 0 saturated heterocycles. The molecule has 0 radical (unpaired) electrons. The predicted octanol–water partition coefficient (Wildman–Crippen LogP) is 6.06. The first kappa shape index (κ1) is 29.3. The summed E-state index contributed by atoms with van der Waals surface area (Å²) in [4.78, 5) is 17.8. The third-order valence-electron chi connectivity index (χ3n) is 8.11. The number of benzene rings is 2. The summed E-state index contributed by atoms with van der Waals surface area (Å²) in [5, 5.41) is 0. The number of hydrogen-bond acceptors (Lipinski definition) is 4. The van der Waals surface area contributed by atoms with Crippen LogP contribution in [0.1, 0.15) is 57.6 Å². The Hall–Kier alpha value is -2.65. The second kappa shape index (κ2) is 11.8. The maximum absolute atomic E-state index is 13.4. The van der Waals surface area contributed by atoms with Gasteiger partial charge in [-0.05, 0) is 87.4 Å². The van der Waals surface area contributed by atoms with Gasteiger partial charge in [-0.1, -0.05) is 37.3 Å². The minimum absolute atomic E-state index is 0.0538. The largest absolute Gasteiger partial charge is 0.416 e. The fourth-order valence-electron chi connectivity index (χ4n) is 6.27. The van der Waals surface area contributed by atoms with Gasteiger partial charge >= 0.3 is 6.18 Å². The van der Waals surface area contributed by atoms with Crippen LogP contribution >= 0.6 is 0 Å². The zero-order valence-corrected chi connectivity index (χ0v) is 23.5. The molecule has 0 bridgehead atoms. The van der Waals surface area contributed by atoms with E-state index in [1.807, 2.05) is 0 Å². The number of alkyl halides is 3. The van der Waals surface area contributed by atoms with Crippen LogP contribution in [-0.4, -0.2) is 61.1 Å². The van der Waals surface area contributed by atoms with Crippen molar-refractivity contribution in [3.05, 3.63) is 71.8 Å². The molecule has 2 aromatic rings. The summed E-state index contributed by atoms with van der Waals surface area (Å²) in [7, 11) is -3.58. The number of nitrogens with zero attached hydrogens (tertiary/aromatic N) is 2. The monoisotopic (exact) mass is 562 g/mol. The molecule has 1 aliphatic heterocycles. The lowest BCUT2D eigenvalue weighted by Gasteiger charge is -2.46. The van der Waals surface area contributed by atoms with Gasteiger partial charge in [0.15, 0.2) is 9.84 Å². The van der Waals surface area contributed by atoms with Crippen LogP contribution in [0.2, 0.25) is 0 Å². The fraction of sp³-hybridized carbons (Fsp3) is 0.500.